The standard InChI is InChI=1S/C16H14BrNO/c1-11-5-4-6-13-12(9-18-16(11)13)10-19-15-8-3-2-7-14(15)17/h2-9,18H,10H2,1H3. The van der Waals surface area contributed by atoms with Crippen LogP contribution in [0.5, 0.6) is 5.75 Å². The fourth-order valence-electron chi connectivity index (χ4n) is 2.20. The van der Waals surface area contributed by atoms with Gasteiger partial charge in [0.2, 0.25) is 0 Å². The number of H-pyrrole nitrogens is 1. The number of aryl methyl sites for hydroxylation is 1. The number of para-hydroxylation sites is 2. The minimum Gasteiger partial charge on any atom is -0.488 e. The van der Waals surface area contributed by atoms with Crippen LogP contribution in [0.1, 0.15) is 11.1 Å². The second-order valence-corrected chi connectivity index (χ2v) is 5.38. The minimum atomic E-state index is 0.562. The van der Waals surface area contributed by atoms with Crippen LogP contribution in [-0.2, 0) is 6.61 Å². The average molecular weight is 316 g/mol. The Bertz CT molecular complexity index is 718. The van der Waals surface area contributed by atoms with Gasteiger partial charge >= 0.3 is 0 Å². The topological polar surface area (TPSA) is 25.0 Å². The molecule has 1 N–H and O–H groups in total. The maximum Gasteiger partial charge on any atom is 0.133 e. The van der Waals surface area contributed by atoms with Crippen LogP contribution < -0.4 is 4.74 Å². The van der Waals surface area contributed by atoms with Crippen LogP contribution in [0.25, 0.3) is 10.9 Å². The van der Waals surface area contributed by atoms with Gasteiger partial charge in [0, 0.05) is 22.7 Å². The molecule has 2 aromatic carbocycles. The molecule has 1 heterocycles. The first-order valence-electron chi connectivity index (χ1n) is 6.18. The van der Waals surface area contributed by atoms with E-state index in [0.717, 1.165) is 10.2 Å². The van der Waals surface area contributed by atoms with E-state index < -0.39 is 0 Å². The largest absolute Gasteiger partial charge is 0.488 e. The number of aromatic nitrogens is 1. The summed E-state index contributed by atoms with van der Waals surface area (Å²) in [5.41, 5.74) is 3.62. The normalized spacial score (nSPS) is 10.8. The highest BCUT2D eigenvalue weighted by Gasteiger charge is 2.06. The van der Waals surface area contributed by atoms with E-state index >= 15 is 0 Å². The molecular formula is C16H14BrNO. The van der Waals surface area contributed by atoms with E-state index in [9.17, 15) is 0 Å². The quantitative estimate of drug-likeness (QED) is 0.736. The predicted octanol–water partition coefficient (Wildman–Crippen LogP) is 4.82. The Hall–Kier alpha value is -1.74. The highest BCUT2D eigenvalue weighted by Crippen LogP contribution is 2.27. The number of fused-ring (bicyclic) bond motifs is 1. The molecule has 0 aliphatic carbocycles. The first-order chi connectivity index (χ1) is 9.25. The number of benzene rings is 2. The van der Waals surface area contributed by atoms with E-state index in [2.05, 4.69) is 46.0 Å². The number of hydrogen-bond donors (Lipinski definition) is 1. The lowest BCUT2D eigenvalue weighted by atomic mass is 10.1. The molecule has 2 nitrogen and oxygen atoms in total. The van der Waals surface area contributed by atoms with E-state index in [0.29, 0.717) is 6.61 Å². The third-order valence-corrected chi connectivity index (χ3v) is 3.88. The fourth-order valence-corrected chi connectivity index (χ4v) is 2.60. The van der Waals surface area contributed by atoms with Crippen molar-refractivity contribution >= 4 is 26.8 Å². The molecule has 0 amide bonds. The molecule has 0 bridgehead atoms. The Morgan fingerprint density at radius 1 is 1.11 bits per heavy atom. The fraction of sp³-hybridized carbons (Fsp3) is 0.125. The van der Waals surface area contributed by atoms with Gasteiger partial charge in [-0.25, -0.2) is 0 Å². The van der Waals surface area contributed by atoms with Gasteiger partial charge in [-0.15, -0.1) is 0 Å². The van der Waals surface area contributed by atoms with E-state index in [1.165, 1.54) is 22.0 Å². The monoisotopic (exact) mass is 315 g/mol. The van der Waals surface area contributed by atoms with Gasteiger partial charge in [-0.2, -0.15) is 0 Å². The molecule has 0 atom stereocenters. The Balaban J connectivity index is 1.87. The van der Waals surface area contributed by atoms with Crippen LogP contribution in [0.15, 0.2) is 53.1 Å². The number of nitrogens with one attached hydrogen (secondary N) is 1. The highest BCUT2D eigenvalue weighted by atomic mass is 79.9. The smallest absolute Gasteiger partial charge is 0.133 e. The van der Waals surface area contributed by atoms with Crippen molar-refractivity contribution in [3.8, 4) is 5.75 Å². The van der Waals surface area contributed by atoms with Crippen molar-refractivity contribution in [2.45, 2.75) is 13.5 Å². The molecular weight excluding hydrogens is 302 g/mol. The molecule has 3 rings (SSSR count). The lowest BCUT2D eigenvalue weighted by Gasteiger charge is -2.07. The number of aromatic amines is 1. The maximum absolute atomic E-state index is 5.86. The first-order valence-corrected chi connectivity index (χ1v) is 6.98. The second kappa shape index (κ2) is 5.10. The summed E-state index contributed by atoms with van der Waals surface area (Å²) < 4.78 is 6.84. The lowest BCUT2D eigenvalue weighted by Crippen LogP contribution is -1.94. The number of hydrogen-bond acceptors (Lipinski definition) is 1. The Morgan fingerprint density at radius 3 is 2.79 bits per heavy atom. The van der Waals surface area contributed by atoms with Gasteiger partial charge < -0.3 is 9.72 Å². The molecule has 0 aliphatic heterocycles. The zero-order valence-electron chi connectivity index (χ0n) is 10.6. The number of rotatable bonds is 3. The van der Waals surface area contributed by atoms with Crippen molar-refractivity contribution in [2.75, 3.05) is 0 Å². The SMILES string of the molecule is Cc1cccc2c(COc3ccccc3Br)c[nH]c12. The van der Waals surface area contributed by atoms with E-state index in [1.54, 1.807) is 0 Å². The highest BCUT2D eigenvalue weighted by molar-refractivity contribution is 9.10. The van der Waals surface area contributed by atoms with Crippen LogP contribution in [0.2, 0.25) is 0 Å². The molecule has 0 aliphatic rings. The third kappa shape index (κ3) is 2.38. The van der Waals surface area contributed by atoms with Crippen LogP contribution in [0, 0.1) is 6.92 Å². The van der Waals surface area contributed by atoms with Gasteiger partial charge in [0.1, 0.15) is 12.4 Å². The van der Waals surface area contributed by atoms with Crippen molar-refractivity contribution in [1.29, 1.82) is 0 Å². The molecule has 96 valence electrons. The second-order valence-electron chi connectivity index (χ2n) is 4.53. The molecule has 0 saturated carbocycles. The van der Waals surface area contributed by atoms with Crippen molar-refractivity contribution in [3.63, 3.8) is 0 Å². The summed E-state index contributed by atoms with van der Waals surface area (Å²) >= 11 is 3.49. The molecule has 3 heteroatoms. The Kier molecular flexibility index (Phi) is 3.30. The van der Waals surface area contributed by atoms with Gasteiger partial charge in [0.25, 0.3) is 0 Å². The van der Waals surface area contributed by atoms with Gasteiger partial charge in [-0.05, 0) is 40.5 Å². The summed E-state index contributed by atoms with van der Waals surface area (Å²) in [5.74, 6) is 0.865. The maximum atomic E-state index is 5.86. The minimum absolute atomic E-state index is 0.562. The molecule has 1 aromatic heterocycles. The van der Waals surface area contributed by atoms with Crippen LogP contribution >= 0.6 is 15.9 Å². The summed E-state index contributed by atoms with van der Waals surface area (Å²) in [6, 6.07) is 14.2. The summed E-state index contributed by atoms with van der Waals surface area (Å²) in [7, 11) is 0. The molecule has 19 heavy (non-hydrogen) atoms. The van der Waals surface area contributed by atoms with Gasteiger partial charge in [-0.1, -0.05) is 30.3 Å². The summed E-state index contributed by atoms with van der Waals surface area (Å²) in [6.07, 6.45) is 2.02. The van der Waals surface area contributed by atoms with Crippen molar-refractivity contribution in [1.82, 2.24) is 4.98 Å². The number of ether oxygens (including phenoxy) is 1. The van der Waals surface area contributed by atoms with Crippen molar-refractivity contribution < 1.29 is 4.74 Å². The zero-order chi connectivity index (χ0) is 13.2. The molecule has 3 aromatic rings. The summed E-state index contributed by atoms with van der Waals surface area (Å²) in [5, 5.41) is 1.23. The predicted molar refractivity (Wildman–Crippen MR) is 81.5 cm³/mol. The molecule has 0 unspecified atom stereocenters. The van der Waals surface area contributed by atoms with Gasteiger partial charge in [-0.3, -0.25) is 0 Å². The average Bonchev–Trinajstić information content (AvgIpc) is 2.83. The van der Waals surface area contributed by atoms with Crippen LogP contribution in [0.3, 0.4) is 0 Å². The zero-order valence-corrected chi connectivity index (χ0v) is 12.2. The van der Waals surface area contributed by atoms with Crippen molar-refractivity contribution in [3.05, 3.63) is 64.3 Å². The van der Waals surface area contributed by atoms with Crippen LogP contribution in [-0.4, -0.2) is 4.98 Å². The van der Waals surface area contributed by atoms with Crippen LogP contribution in [0.4, 0.5) is 0 Å². The molecule has 0 saturated heterocycles. The van der Waals surface area contributed by atoms with Crippen molar-refractivity contribution in [2.24, 2.45) is 0 Å². The molecule has 0 spiro atoms. The van der Waals surface area contributed by atoms with E-state index in [-0.39, 0.29) is 0 Å². The lowest BCUT2D eigenvalue weighted by molar-refractivity contribution is 0.305. The van der Waals surface area contributed by atoms with Gasteiger partial charge in [0.05, 0.1) is 4.47 Å². The summed E-state index contributed by atoms with van der Waals surface area (Å²) in [4.78, 5) is 3.32. The molecule has 0 fully saturated rings. The van der Waals surface area contributed by atoms with Gasteiger partial charge in [0.15, 0.2) is 0 Å². The Labute approximate surface area is 120 Å². The number of halogens is 1. The third-order valence-electron chi connectivity index (χ3n) is 3.23. The first kappa shape index (κ1) is 12.3. The van der Waals surface area contributed by atoms with E-state index in [4.69, 9.17) is 4.74 Å². The van der Waals surface area contributed by atoms with E-state index in [1.807, 2.05) is 30.5 Å². The molecule has 0 radical (unpaired) electrons. The summed E-state index contributed by atoms with van der Waals surface area (Å²) in [6.45, 7) is 2.67. The Morgan fingerprint density at radius 2 is 1.95 bits per heavy atom.